The lowest BCUT2D eigenvalue weighted by molar-refractivity contribution is -0.384. The number of rotatable bonds is 5. The van der Waals surface area contributed by atoms with E-state index in [2.05, 4.69) is 0 Å². The van der Waals surface area contributed by atoms with E-state index >= 15 is 0 Å². The number of primary sulfonamides is 1. The van der Waals surface area contributed by atoms with Gasteiger partial charge in [-0.1, -0.05) is 6.92 Å². The first-order chi connectivity index (χ1) is 13.5. The van der Waals surface area contributed by atoms with Crippen LogP contribution in [-0.4, -0.2) is 57.5 Å². The Balaban J connectivity index is 1.94. The van der Waals surface area contributed by atoms with E-state index in [1.54, 1.807) is 4.90 Å². The Morgan fingerprint density at radius 3 is 2.41 bits per heavy atom. The Labute approximate surface area is 170 Å². The number of hydrogen-bond acceptors (Lipinski definition) is 7. The molecular weight excluding hydrogens is 420 g/mol. The van der Waals surface area contributed by atoms with Gasteiger partial charge in [0.25, 0.3) is 5.69 Å². The van der Waals surface area contributed by atoms with Crippen LogP contribution in [0.5, 0.6) is 0 Å². The van der Waals surface area contributed by atoms with Crippen molar-refractivity contribution in [2.75, 3.05) is 31.1 Å². The average Bonchev–Trinajstić information content (AvgIpc) is 2.67. The highest BCUT2D eigenvalue weighted by molar-refractivity contribution is 7.89. The third-order valence-corrected chi connectivity index (χ3v) is 8.76. The molecule has 2 atom stereocenters. The molecule has 2 aliphatic heterocycles. The number of nitrogens with zero attached hydrogens (tertiary/aromatic N) is 3. The minimum atomic E-state index is -3.84. The molecule has 3 rings (SSSR count). The van der Waals surface area contributed by atoms with Crippen molar-refractivity contribution < 1.29 is 21.8 Å². The highest BCUT2D eigenvalue weighted by atomic mass is 32.2. The first-order valence-corrected chi connectivity index (χ1v) is 12.6. The van der Waals surface area contributed by atoms with Crippen LogP contribution in [-0.2, 0) is 20.0 Å². The molecule has 0 unspecified atom stereocenters. The molecule has 1 aromatic carbocycles. The number of hydrogen-bond donors (Lipinski definition) is 1. The van der Waals surface area contributed by atoms with Crippen LogP contribution in [0.15, 0.2) is 23.1 Å². The molecule has 0 amide bonds. The minimum absolute atomic E-state index is 0.0371. The molecule has 2 N–H and O–H groups in total. The van der Waals surface area contributed by atoms with Crippen molar-refractivity contribution in [3.05, 3.63) is 28.3 Å². The molecule has 2 aliphatic rings. The average molecular weight is 447 g/mol. The van der Waals surface area contributed by atoms with Crippen molar-refractivity contribution in [2.24, 2.45) is 11.1 Å². The number of benzene rings is 1. The van der Waals surface area contributed by atoms with E-state index in [4.69, 9.17) is 5.14 Å². The first-order valence-electron chi connectivity index (χ1n) is 9.55. The molecule has 0 radical (unpaired) electrons. The predicted molar refractivity (Wildman–Crippen MR) is 109 cm³/mol. The monoisotopic (exact) mass is 446 g/mol. The normalized spacial score (nSPS) is 24.4. The van der Waals surface area contributed by atoms with Gasteiger partial charge in [-0.25, -0.2) is 22.0 Å². The maximum absolute atomic E-state index is 13.0. The van der Waals surface area contributed by atoms with E-state index < -0.39 is 30.2 Å². The number of nitro groups is 1. The van der Waals surface area contributed by atoms with E-state index in [-0.39, 0.29) is 28.7 Å². The predicted octanol–water partition coefficient (Wildman–Crippen LogP) is 1.27. The Kier molecular flexibility index (Phi) is 6.18. The van der Waals surface area contributed by atoms with Crippen LogP contribution in [0.3, 0.4) is 0 Å². The molecular formula is C17H26N4O6S2. The van der Waals surface area contributed by atoms with Gasteiger partial charge in [0.05, 0.1) is 15.1 Å². The van der Waals surface area contributed by atoms with E-state index in [0.29, 0.717) is 32.5 Å². The Bertz CT molecular complexity index is 995. The van der Waals surface area contributed by atoms with Crippen LogP contribution in [0.1, 0.15) is 32.6 Å². The lowest BCUT2D eigenvalue weighted by Gasteiger charge is -2.33. The molecule has 2 fully saturated rings. The standard InChI is InChI=1S/C17H26N4O6S2/c1-13-4-2-9-20(11-13)29(26,27)14-6-7-16(17(10-14)21(22)23)19-8-3-5-15(12-19)28(18,24)25/h6-7,10,13,15H,2-5,8-9,11-12H2,1H3,(H2,18,24,25)/t13-,15+/m0/s1. The van der Waals surface area contributed by atoms with Crippen molar-refractivity contribution in [1.29, 1.82) is 0 Å². The molecule has 1 aromatic rings. The van der Waals surface area contributed by atoms with Crippen LogP contribution in [0.4, 0.5) is 11.4 Å². The van der Waals surface area contributed by atoms with Gasteiger partial charge in [-0.3, -0.25) is 10.1 Å². The summed E-state index contributed by atoms with van der Waals surface area (Å²) in [5.74, 6) is 0.233. The van der Waals surface area contributed by atoms with Gasteiger partial charge in [-0.15, -0.1) is 0 Å². The number of nitro benzene ring substituents is 1. The smallest absolute Gasteiger partial charge is 0.293 e. The highest BCUT2D eigenvalue weighted by Gasteiger charge is 2.34. The molecule has 10 nitrogen and oxygen atoms in total. The zero-order valence-corrected chi connectivity index (χ0v) is 17.9. The third kappa shape index (κ3) is 4.71. The summed E-state index contributed by atoms with van der Waals surface area (Å²) in [4.78, 5) is 12.5. The highest BCUT2D eigenvalue weighted by Crippen LogP contribution is 2.34. The topological polar surface area (TPSA) is 144 Å². The van der Waals surface area contributed by atoms with Gasteiger partial charge in [0.2, 0.25) is 20.0 Å². The van der Waals surface area contributed by atoms with Crippen molar-refractivity contribution in [1.82, 2.24) is 4.31 Å². The largest absolute Gasteiger partial charge is 0.365 e. The fourth-order valence-electron chi connectivity index (χ4n) is 4.02. The van der Waals surface area contributed by atoms with E-state index in [0.717, 1.165) is 18.9 Å². The fourth-order valence-corrected chi connectivity index (χ4v) is 6.52. The lowest BCUT2D eigenvalue weighted by Crippen LogP contribution is -2.45. The molecule has 0 spiro atoms. The van der Waals surface area contributed by atoms with Crippen molar-refractivity contribution in [2.45, 2.75) is 42.8 Å². The van der Waals surface area contributed by atoms with Gasteiger partial charge in [0, 0.05) is 32.2 Å². The molecule has 2 heterocycles. The summed E-state index contributed by atoms with van der Waals surface area (Å²) >= 11 is 0. The van der Waals surface area contributed by atoms with Crippen LogP contribution in [0.25, 0.3) is 0 Å². The van der Waals surface area contributed by atoms with E-state index in [1.807, 2.05) is 6.92 Å². The Hall–Kier alpha value is -1.76. The summed E-state index contributed by atoms with van der Waals surface area (Å²) in [6.07, 6.45) is 2.61. The minimum Gasteiger partial charge on any atom is -0.365 e. The van der Waals surface area contributed by atoms with Gasteiger partial charge >= 0.3 is 0 Å². The van der Waals surface area contributed by atoms with Gasteiger partial charge in [0.15, 0.2) is 0 Å². The summed E-state index contributed by atoms with van der Waals surface area (Å²) in [7, 11) is -7.60. The van der Waals surface area contributed by atoms with Crippen LogP contribution in [0.2, 0.25) is 0 Å². The number of anilines is 1. The van der Waals surface area contributed by atoms with Crippen LogP contribution < -0.4 is 10.0 Å². The SMILES string of the molecule is C[C@H]1CCCN(S(=O)(=O)c2ccc(N3CCC[C@@H](S(N)(=O)=O)C3)c([N+](=O)[O-])c2)C1. The van der Waals surface area contributed by atoms with Gasteiger partial charge in [-0.2, -0.15) is 4.31 Å². The van der Waals surface area contributed by atoms with Crippen LogP contribution >= 0.6 is 0 Å². The fraction of sp³-hybridized carbons (Fsp3) is 0.647. The number of nitrogens with two attached hydrogens (primary N) is 1. The van der Waals surface area contributed by atoms with Crippen molar-refractivity contribution in [3.8, 4) is 0 Å². The molecule has 162 valence electrons. The second-order valence-corrected chi connectivity index (χ2v) is 11.6. The quantitative estimate of drug-likeness (QED) is 0.530. The second kappa shape index (κ2) is 8.17. The summed E-state index contributed by atoms with van der Waals surface area (Å²) in [5, 5.41) is 16.1. The van der Waals surface area contributed by atoms with Crippen LogP contribution in [0, 0.1) is 16.0 Å². The van der Waals surface area contributed by atoms with Gasteiger partial charge in [0.1, 0.15) is 5.69 Å². The zero-order valence-electron chi connectivity index (χ0n) is 16.2. The Morgan fingerprint density at radius 2 is 1.79 bits per heavy atom. The maximum atomic E-state index is 13.0. The third-order valence-electron chi connectivity index (χ3n) is 5.58. The van der Waals surface area contributed by atoms with Gasteiger partial charge in [-0.05, 0) is 43.7 Å². The summed E-state index contributed by atoms with van der Waals surface area (Å²) in [6, 6.07) is 3.83. The molecule has 0 aromatic heterocycles. The second-order valence-electron chi connectivity index (χ2n) is 7.82. The molecule has 0 bridgehead atoms. The number of piperidine rings is 2. The van der Waals surface area contributed by atoms with Gasteiger partial charge < -0.3 is 4.90 Å². The molecule has 0 saturated carbocycles. The molecule has 2 saturated heterocycles. The van der Waals surface area contributed by atoms with E-state index in [9.17, 15) is 26.9 Å². The zero-order chi connectivity index (χ0) is 21.4. The van der Waals surface area contributed by atoms with Crippen molar-refractivity contribution in [3.63, 3.8) is 0 Å². The molecule has 12 heteroatoms. The maximum Gasteiger partial charge on any atom is 0.293 e. The summed E-state index contributed by atoms with van der Waals surface area (Å²) in [5.41, 5.74) is -0.152. The molecule has 0 aliphatic carbocycles. The lowest BCUT2D eigenvalue weighted by atomic mass is 10.0. The summed E-state index contributed by atoms with van der Waals surface area (Å²) in [6.45, 7) is 3.23. The van der Waals surface area contributed by atoms with Crippen molar-refractivity contribution >= 4 is 31.4 Å². The first kappa shape index (κ1) is 21.9. The number of sulfonamides is 2. The van der Waals surface area contributed by atoms with E-state index in [1.165, 1.54) is 16.4 Å². The molecule has 29 heavy (non-hydrogen) atoms. The Morgan fingerprint density at radius 1 is 1.10 bits per heavy atom. The summed E-state index contributed by atoms with van der Waals surface area (Å²) < 4.78 is 50.7.